The number of amides is 2. The zero-order chi connectivity index (χ0) is 23.7. The van der Waals surface area contributed by atoms with Gasteiger partial charge in [-0.05, 0) is 43.2 Å². The standard InChI is InChI=1S/C23H31N3O5S/c1-5-21(23(28)24-6-2)25(16-18-12-14-20(31-3)15-13-18)22(27)17-26(32(4,29)30)19-10-8-7-9-11-19/h7-15,21H,5-6,16-17H2,1-4H3,(H,24,28)/t21-/m1/s1. The monoisotopic (exact) mass is 461 g/mol. The number of sulfonamides is 1. The second-order valence-electron chi connectivity index (χ2n) is 7.29. The summed E-state index contributed by atoms with van der Waals surface area (Å²) in [7, 11) is -2.16. The van der Waals surface area contributed by atoms with Crippen LogP contribution in [0.5, 0.6) is 5.75 Å². The van der Waals surface area contributed by atoms with Crippen LogP contribution in [-0.2, 0) is 26.2 Å². The number of anilines is 1. The zero-order valence-corrected chi connectivity index (χ0v) is 19.8. The van der Waals surface area contributed by atoms with Crippen LogP contribution in [-0.4, -0.2) is 57.6 Å². The van der Waals surface area contributed by atoms with Crippen molar-refractivity contribution in [3.8, 4) is 5.75 Å². The highest BCUT2D eigenvalue weighted by atomic mass is 32.2. The molecule has 0 spiro atoms. The van der Waals surface area contributed by atoms with E-state index in [0.717, 1.165) is 16.1 Å². The lowest BCUT2D eigenvalue weighted by Crippen LogP contribution is -2.52. The van der Waals surface area contributed by atoms with Crippen LogP contribution >= 0.6 is 0 Å². The normalized spacial score (nSPS) is 12.0. The number of carbonyl (C=O) groups is 2. The number of ether oxygens (including phenoxy) is 1. The quantitative estimate of drug-likeness (QED) is 0.554. The van der Waals surface area contributed by atoms with Crippen LogP contribution in [0.25, 0.3) is 0 Å². The molecule has 0 aliphatic carbocycles. The van der Waals surface area contributed by atoms with Crippen LogP contribution in [0.1, 0.15) is 25.8 Å². The van der Waals surface area contributed by atoms with Gasteiger partial charge in [-0.25, -0.2) is 8.42 Å². The molecule has 0 heterocycles. The lowest BCUT2D eigenvalue weighted by atomic mass is 10.1. The predicted molar refractivity (Wildman–Crippen MR) is 125 cm³/mol. The Balaban J connectivity index is 2.39. The van der Waals surface area contributed by atoms with Gasteiger partial charge in [0, 0.05) is 13.1 Å². The van der Waals surface area contributed by atoms with E-state index in [2.05, 4.69) is 5.32 Å². The van der Waals surface area contributed by atoms with Gasteiger partial charge in [-0.2, -0.15) is 0 Å². The van der Waals surface area contributed by atoms with Gasteiger partial charge >= 0.3 is 0 Å². The third-order valence-electron chi connectivity index (χ3n) is 4.97. The number of hydrogen-bond donors (Lipinski definition) is 1. The molecular formula is C23H31N3O5S. The molecule has 32 heavy (non-hydrogen) atoms. The molecule has 0 aliphatic heterocycles. The Kier molecular flexibility index (Phi) is 9.07. The van der Waals surface area contributed by atoms with Crippen LogP contribution in [0, 0.1) is 0 Å². The van der Waals surface area contributed by atoms with E-state index >= 15 is 0 Å². The first-order valence-electron chi connectivity index (χ1n) is 10.4. The molecule has 2 aromatic carbocycles. The van der Waals surface area contributed by atoms with Gasteiger partial charge in [0.15, 0.2) is 0 Å². The van der Waals surface area contributed by atoms with Gasteiger partial charge in [0.25, 0.3) is 0 Å². The fourth-order valence-corrected chi connectivity index (χ4v) is 4.20. The van der Waals surface area contributed by atoms with E-state index in [-0.39, 0.29) is 12.5 Å². The predicted octanol–water partition coefficient (Wildman–Crippen LogP) is 2.40. The number of para-hydroxylation sites is 1. The Labute approximate surface area is 190 Å². The minimum Gasteiger partial charge on any atom is -0.497 e. The highest BCUT2D eigenvalue weighted by molar-refractivity contribution is 7.92. The summed E-state index contributed by atoms with van der Waals surface area (Å²) in [5.41, 5.74) is 1.19. The molecule has 8 nitrogen and oxygen atoms in total. The van der Waals surface area contributed by atoms with Crippen LogP contribution in [0.15, 0.2) is 54.6 Å². The molecule has 174 valence electrons. The van der Waals surface area contributed by atoms with Crippen molar-refractivity contribution in [1.29, 1.82) is 0 Å². The van der Waals surface area contributed by atoms with Crippen molar-refractivity contribution in [2.75, 3.05) is 30.8 Å². The molecule has 0 radical (unpaired) electrons. The summed E-state index contributed by atoms with van der Waals surface area (Å²) in [4.78, 5) is 27.6. The molecule has 0 saturated carbocycles. The molecule has 1 atom stereocenters. The number of carbonyl (C=O) groups excluding carboxylic acids is 2. The van der Waals surface area contributed by atoms with Gasteiger partial charge in [-0.1, -0.05) is 37.3 Å². The number of benzene rings is 2. The summed E-state index contributed by atoms with van der Waals surface area (Å²) >= 11 is 0. The average Bonchev–Trinajstić information content (AvgIpc) is 2.77. The molecule has 9 heteroatoms. The maximum Gasteiger partial charge on any atom is 0.244 e. The largest absolute Gasteiger partial charge is 0.497 e. The van der Waals surface area contributed by atoms with Crippen molar-refractivity contribution in [2.45, 2.75) is 32.9 Å². The summed E-state index contributed by atoms with van der Waals surface area (Å²) < 4.78 is 31.2. The molecule has 0 fully saturated rings. The van der Waals surface area contributed by atoms with Crippen LogP contribution in [0.3, 0.4) is 0 Å². The molecule has 0 saturated heterocycles. The lowest BCUT2D eigenvalue weighted by molar-refractivity contribution is -0.140. The minimum atomic E-state index is -3.72. The Morgan fingerprint density at radius 3 is 2.16 bits per heavy atom. The van der Waals surface area contributed by atoms with Gasteiger partial charge in [0.1, 0.15) is 18.3 Å². The molecule has 0 aromatic heterocycles. The molecule has 2 rings (SSSR count). The molecule has 2 aromatic rings. The van der Waals surface area contributed by atoms with E-state index in [1.807, 2.05) is 19.1 Å². The lowest BCUT2D eigenvalue weighted by Gasteiger charge is -2.32. The van der Waals surface area contributed by atoms with Crippen molar-refractivity contribution >= 4 is 27.5 Å². The fraction of sp³-hybridized carbons (Fsp3) is 0.391. The first kappa shape index (κ1) is 25.2. The first-order chi connectivity index (χ1) is 15.2. The molecule has 2 amide bonds. The highest BCUT2D eigenvalue weighted by Crippen LogP contribution is 2.20. The fourth-order valence-electron chi connectivity index (χ4n) is 3.35. The van der Waals surface area contributed by atoms with Crippen LogP contribution in [0.4, 0.5) is 5.69 Å². The van der Waals surface area contributed by atoms with Gasteiger partial charge in [0.2, 0.25) is 21.8 Å². The maximum atomic E-state index is 13.4. The zero-order valence-electron chi connectivity index (χ0n) is 18.9. The van der Waals surface area contributed by atoms with E-state index in [1.54, 1.807) is 56.5 Å². The number of nitrogens with zero attached hydrogens (tertiary/aromatic N) is 2. The number of likely N-dealkylation sites (N-methyl/N-ethyl adjacent to an activating group) is 1. The minimum absolute atomic E-state index is 0.158. The number of hydrogen-bond acceptors (Lipinski definition) is 5. The van der Waals surface area contributed by atoms with Crippen LogP contribution in [0.2, 0.25) is 0 Å². The van der Waals surface area contributed by atoms with Gasteiger partial charge < -0.3 is 15.0 Å². The summed E-state index contributed by atoms with van der Waals surface area (Å²) in [6.45, 7) is 3.81. The molecular weight excluding hydrogens is 430 g/mol. The third-order valence-corrected chi connectivity index (χ3v) is 6.11. The van der Waals surface area contributed by atoms with E-state index in [0.29, 0.717) is 24.4 Å². The number of rotatable bonds is 11. The summed E-state index contributed by atoms with van der Waals surface area (Å²) in [6.07, 6.45) is 1.44. The average molecular weight is 462 g/mol. The SMILES string of the molecule is CCNC(=O)[C@@H](CC)N(Cc1ccc(OC)cc1)C(=O)CN(c1ccccc1)S(C)(=O)=O. The smallest absolute Gasteiger partial charge is 0.244 e. The Bertz CT molecular complexity index is 994. The topological polar surface area (TPSA) is 96.0 Å². The Hall–Kier alpha value is -3.07. The maximum absolute atomic E-state index is 13.4. The third kappa shape index (κ3) is 6.71. The van der Waals surface area contributed by atoms with E-state index < -0.39 is 28.5 Å². The van der Waals surface area contributed by atoms with E-state index in [1.165, 1.54) is 4.90 Å². The summed E-state index contributed by atoms with van der Waals surface area (Å²) in [5.74, 6) is -0.0644. The molecule has 0 bridgehead atoms. The number of nitrogens with one attached hydrogen (secondary N) is 1. The second kappa shape index (κ2) is 11.5. The summed E-state index contributed by atoms with van der Waals surface area (Å²) in [5, 5.41) is 2.77. The van der Waals surface area contributed by atoms with Crippen molar-refractivity contribution in [3.05, 3.63) is 60.2 Å². The molecule has 0 aliphatic rings. The molecule has 0 unspecified atom stereocenters. The van der Waals surface area contributed by atoms with E-state index in [9.17, 15) is 18.0 Å². The van der Waals surface area contributed by atoms with Gasteiger partial charge in [-0.15, -0.1) is 0 Å². The highest BCUT2D eigenvalue weighted by Gasteiger charge is 2.31. The second-order valence-corrected chi connectivity index (χ2v) is 9.20. The van der Waals surface area contributed by atoms with Crippen molar-refractivity contribution in [3.63, 3.8) is 0 Å². The van der Waals surface area contributed by atoms with Crippen molar-refractivity contribution in [1.82, 2.24) is 10.2 Å². The summed E-state index contributed by atoms with van der Waals surface area (Å²) in [6, 6.07) is 14.9. The van der Waals surface area contributed by atoms with E-state index in [4.69, 9.17) is 4.74 Å². The van der Waals surface area contributed by atoms with Gasteiger partial charge in [0.05, 0.1) is 19.1 Å². The Morgan fingerprint density at radius 1 is 1.03 bits per heavy atom. The van der Waals surface area contributed by atoms with Crippen molar-refractivity contribution < 1.29 is 22.7 Å². The number of methoxy groups -OCH3 is 1. The molecule has 1 N–H and O–H groups in total. The van der Waals surface area contributed by atoms with Gasteiger partial charge in [-0.3, -0.25) is 13.9 Å². The Morgan fingerprint density at radius 2 is 1.66 bits per heavy atom. The first-order valence-corrected chi connectivity index (χ1v) is 12.3. The van der Waals surface area contributed by atoms with Crippen LogP contribution < -0.4 is 14.4 Å². The van der Waals surface area contributed by atoms with Crippen molar-refractivity contribution in [2.24, 2.45) is 0 Å².